The van der Waals surface area contributed by atoms with Gasteiger partial charge in [0.25, 0.3) is 5.91 Å². The number of fused-ring (bicyclic) bond motifs is 4. The lowest BCUT2D eigenvalue weighted by Gasteiger charge is -2.40. The van der Waals surface area contributed by atoms with Gasteiger partial charge in [-0.3, -0.25) is 4.79 Å². The quantitative estimate of drug-likeness (QED) is 0.209. The van der Waals surface area contributed by atoms with Gasteiger partial charge in [-0.1, -0.05) is 50.2 Å². The molecule has 5 aromatic rings. The molecule has 1 amide bonds. The standard InChI is InChI=1S/C36H31N5O5S/c1-21(2)23-13-17-27(18-14-23)47(44,45)28-19-15-26(16-20-28)41-33-31(22(3)39-41)32(24-9-11-25(12-10-24)36(43)46-4)40-30-8-6-5-7-29(30)37-35(42)34(40)38-33/h5-21,32H,1-4H3,(H,37,42)/t32-/m0/s1. The summed E-state index contributed by atoms with van der Waals surface area (Å²) in [5, 5.41) is 7.78. The van der Waals surface area contributed by atoms with E-state index in [1.165, 1.54) is 7.11 Å². The maximum Gasteiger partial charge on any atom is 0.337 e. The number of rotatable bonds is 6. The molecule has 1 aromatic heterocycles. The van der Waals surface area contributed by atoms with E-state index in [4.69, 9.17) is 14.8 Å². The van der Waals surface area contributed by atoms with Gasteiger partial charge in [-0.2, -0.15) is 5.10 Å². The highest BCUT2D eigenvalue weighted by Gasteiger charge is 2.42. The second kappa shape index (κ2) is 11.4. The van der Waals surface area contributed by atoms with Crippen molar-refractivity contribution in [2.24, 2.45) is 4.99 Å². The van der Waals surface area contributed by atoms with Gasteiger partial charge in [-0.25, -0.2) is 22.9 Å². The molecule has 236 valence electrons. The van der Waals surface area contributed by atoms with Crippen LogP contribution in [0.2, 0.25) is 0 Å². The largest absolute Gasteiger partial charge is 0.465 e. The molecule has 3 heterocycles. The number of aryl methyl sites for hydroxylation is 1. The highest BCUT2D eigenvalue weighted by Crippen LogP contribution is 2.47. The van der Waals surface area contributed by atoms with E-state index in [2.05, 4.69) is 19.2 Å². The van der Waals surface area contributed by atoms with Crippen LogP contribution in [0.4, 0.5) is 17.2 Å². The Balaban J connectivity index is 1.34. The molecule has 10 nitrogen and oxygen atoms in total. The number of nitrogens with one attached hydrogen (secondary N) is 1. The Hall–Kier alpha value is -5.55. The molecule has 0 aliphatic carbocycles. The van der Waals surface area contributed by atoms with Gasteiger partial charge in [0.2, 0.25) is 15.7 Å². The Morgan fingerprint density at radius 3 is 2.17 bits per heavy atom. The number of sulfone groups is 1. The molecular formula is C36H31N5O5S. The first kappa shape index (κ1) is 30.1. The number of carbonyl (C=O) groups excluding carboxylic acids is 2. The number of esters is 1. The van der Waals surface area contributed by atoms with Crippen LogP contribution in [0.25, 0.3) is 5.69 Å². The fraction of sp³-hybridized carbons (Fsp3) is 0.167. The van der Waals surface area contributed by atoms with Crippen molar-refractivity contribution in [2.45, 2.75) is 42.5 Å². The molecule has 0 saturated carbocycles. The van der Waals surface area contributed by atoms with Crippen LogP contribution in [-0.4, -0.2) is 43.0 Å². The molecule has 0 unspecified atom stereocenters. The summed E-state index contributed by atoms with van der Waals surface area (Å²) in [6.07, 6.45) is 0. The zero-order valence-electron chi connectivity index (χ0n) is 26.1. The second-order valence-electron chi connectivity index (χ2n) is 11.7. The number of nitrogens with zero attached hydrogens (tertiary/aromatic N) is 4. The molecule has 11 heteroatoms. The summed E-state index contributed by atoms with van der Waals surface area (Å²) >= 11 is 0. The molecular weight excluding hydrogens is 614 g/mol. The third-order valence-corrected chi connectivity index (χ3v) is 10.3. The van der Waals surface area contributed by atoms with Gasteiger partial charge >= 0.3 is 5.97 Å². The summed E-state index contributed by atoms with van der Waals surface area (Å²) < 4.78 is 33.4. The van der Waals surface area contributed by atoms with Crippen molar-refractivity contribution in [1.29, 1.82) is 0 Å². The van der Waals surface area contributed by atoms with Gasteiger partial charge in [0.15, 0.2) is 5.82 Å². The molecule has 0 fully saturated rings. The van der Waals surface area contributed by atoms with Gasteiger partial charge in [0.1, 0.15) is 0 Å². The van der Waals surface area contributed by atoms with Gasteiger partial charge in [-0.05, 0) is 84.6 Å². The molecule has 0 bridgehead atoms. The van der Waals surface area contributed by atoms with E-state index in [9.17, 15) is 18.0 Å². The Kier molecular flexibility index (Phi) is 7.28. The van der Waals surface area contributed by atoms with E-state index in [0.29, 0.717) is 34.4 Å². The number of amides is 1. The number of aromatic nitrogens is 2. The highest BCUT2D eigenvalue weighted by atomic mass is 32.2. The monoisotopic (exact) mass is 645 g/mol. The van der Waals surface area contributed by atoms with Crippen molar-refractivity contribution in [3.8, 4) is 5.69 Å². The number of carbonyl (C=O) groups is 2. The number of benzene rings is 4. The molecule has 1 atom stereocenters. The molecule has 4 aromatic carbocycles. The first-order valence-corrected chi connectivity index (χ1v) is 16.6. The summed E-state index contributed by atoms with van der Waals surface area (Å²) in [5.41, 5.74) is 5.71. The summed E-state index contributed by atoms with van der Waals surface area (Å²) in [7, 11) is -2.42. The van der Waals surface area contributed by atoms with Crippen LogP contribution in [0.3, 0.4) is 0 Å². The Morgan fingerprint density at radius 1 is 0.894 bits per heavy atom. The molecule has 2 aliphatic heterocycles. The molecule has 7 rings (SSSR count). The fourth-order valence-electron chi connectivity index (χ4n) is 6.09. The van der Waals surface area contributed by atoms with Gasteiger partial charge < -0.3 is 15.0 Å². The smallest absolute Gasteiger partial charge is 0.337 e. The maximum atomic E-state index is 13.5. The molecule has 47 heavy (non-hydrogen) atoms. The van der Waals surface area contributed by atoms with Crippen molar-refractivity contribution >= 4 is 44.7 Å². The number of para-hydroxylation sites is 2. The van der Waals surface area contributed by atoms with Gasteiger partial charge in [0, 0.05) is 5.56 Å². The van der Waals surface area contributed by atoms with E-state index in [1.54, 1.807) is 53.2 Å². The number of methoxy groups -OCH3 is 1. The van der Waals surface area contributed by atoms with Crippen LogP contribution in [0, 0.1) is 6.92 Å². The predicted molar refractivity (Wildman–Crippen MR) is 179 cm³/mol. The minimum atomic E-state index is -3.75. The summed E-state index contributed by atoms with van der Waals surface area (Å²) in [5.74, 6) is 0.0979. The van der Waals surface area contributed by atoms with E-state index in [1.807, 2.05) is 60.4 Å². The zero-order chi connectivity index (χ0) is 33.0. The molecule has 2 aliphatic rings. The molecule has 0 saturated heterocycles. The summed E-state index contributed by atoms with van der Waals surface area (Å²) in [4.78, 5) is 32.8. The first-order chi connectivity index (χ1) is 22.6. The lowest BCUT2D eigenvalue weighted by molar-refractivity contribution is -0.110. The van der Waals surface area contributed by atoms with Crippen LogP contribution >= 0.6 is 0 Å². The van der Waals surface area contributed by atoms with Crippen molar-refractivity contribution in [2.75, 3.05) is 17.3 Å². The topological polar surface area (TPSA) is 123 Å². The summed E-state index contributed by atoms with van der Waals surface area (Å²) in [6.45, 7) is 5.99. The van der Waals surface area contributed by atoms with E-state index in [0.717, 1.165) is 22.4 Å². The highest BCUT2D eigenvalue weighted by molar-refractivity contribution is 7.91. The number of amidine groups is 1. The van der Waals surface area contributed by atoms with Crippen molar-refractivity contribution in [1.82, 2.24) is 9.78 Å². The number of anilines is 2. The van der Waals surface area contributed by atoms with Crippen LogP contribution in [0.5, 0.6) is 0 Å². The first-order valence-electron chi connectivity index (χ1n) is 15.1. The van der Waals surface area contributed by atoms with Crippen LogP contribution in [0.1, 0.15) is 58.5 Å². The minimum Gasteiger partial charge on any atom is -0.465 e. The van der Waals surface area contributed by atoms with Gasteiger partial charge in [-0.15, -0.1) is 0 Å². The Labute approximate surface area is 272 Å². The second-order valence-corrected chi connectivity index (χ2v) is 13.7. The third-order valence-electron chi connectivity index (χ3n) is 8.56. The average Bonchev–Trinajstić information content (AvgIpc) is 3.43. The Bertz CT molecular complexity index is 2190. The SMILES string of the molecule is COC(=O)c1ccc([C@H]2c3c(C)nn(-c4ccc(S(=O)(=O)c5ccc(C(C)C)cc5)cc4)c3N=C3C(=O)Nc4ccccc4N32)cc1. The predicted octanol–water partition coefficient (Wildman–Crippen LogP) is 6.52. The zero-order valence-corrected chi connectivity index (χ0v) is 26.9. The fourth-order valence-corrected chi connectivity index (χ4v) is 7.35. The lowest BCUT2D eigenvalue weighted by Crippen LogP contribution is -2.48. The number of hydrogen-bond donors (Lipinski definition) is 1. The molecule has 1 N–H and O–H groups in total. The van der Waals surface area contributed by atoms with Crippen LogP contribution < -0.4 is 10.2 Å². The number of ether oxygens (including phenoxy) is 1. The lowest BCUT2D eigenvalue weighted by atomic mass is 9.92. The van der Waals surface area contributed by atoms with E-state index in [-0.39, 0.29) is 21.5 Å². The number of hydrogen-bond acceptors (Lipinski definition) is 8. The van der Waals surface area contributed by atoms with E-state index < -0.39 is 21.8 Å². The minimum absolute atomic E-state index is 0.153. The third kappa shape index (κ3) is 4.99. The van der Waals surface area contributed by atoms with Crippen molar-refractivity contribution in [3.05, 3.63) is 125 Å². The Morgan fingerprint density at radius 2 is 1.53 bits per heavy atom. The van der Waals surface area contributed by atoms with Crippen LogP contribution in [0.15, 0.2) is 112 Å². The van der Waals surface area contributed by atoms with Crippen molar-refractivity contribution in [3.63, 3.8) is 0 Å². The number of aliphatic imine (C=N–C) groups is 1. The molecule has 0 radical (unpaired) electrons. The maximum absolute atomic E-state index is 13.5. The normalized spacial score (nSPS) is 15.3. The van der Waals surface area contributed by atoms with Gasteiger partial charge in [0.05, 0.1) is 51.3 Å². The van der Waals surface area contributed by atoms with Crippen LogP contribution in [-0.2, 0) is 19.4 Å². The van der Waals surface area contributed by atoms with Crippen molar-refractivity contribution < 1.29 is 22.7 Å². The average molecular weight is 646 g/mol. The summed E-state index contributed by atoms with van der Waals surface area (Å²) in [6, 6.07) is 27.5. The van der Waals surface area contributed by atoms with E-state index >= 15 is 0 Å². The molecule has 0 spiro atoms.